The van der Waals surface area contributed by atoms with Crippen LogP contribution in [0.3, 0.4) is 0 Å². The van der Waals surface area contributed by atoms with Crippen molar-refractivity contribution in [3.8, 4) is 0 Å². The van der Waals surface area contributed by atoms with E-state index >= 15 is 0 Å². The van der Waals surface area contributed by atoms with Crippen molar-refractivity contribution in [2.24, 2.45) is 0 Å². The number of nitrogens with one attached hydrogen (secondary N) is 1. The number of benzene rings is 2. The third-order valence-corrected chi connectivity index (χ3v) is 3.44. The Kier molecular flexibility index (Phi) is 3.84. The van der Waals surface area contributed by atoms with Gasteiger partial charge in [-0.2, -0.15) is 13.2 Å². The summed E-state index contributed by atoms with van der Waals surface area (Å²) in [5, 5.41) is 3.13. The van der Waals surface area contributed by atoms with E-state index in [2.05, 4.69) is 5.32 Å². The van der Waals surface area contributed by atoms with Gasteiger partial charge < -0.3 is 9.73 Å². The highest BCUT2D eigenvalue weighted by atomic mass is 19.4. The quantitative estimate of drug-likeness (QED) is 0.769. The fourth-order valence-corrected chi connectivity index (χ4v) is 2.25. The Hall–Kier alpha value is -3.09. The fraction of sp³-hybridized carbons (Fsp3) is 0.0588. The van der Waals surface area contributed by atoms with Crippen LogP contribution >= 0.6 is 0 Å². The van der Waals surface area contributed by atoms with Crippen molar-refractivity contribution in [2.75, 3.05) is 5.32 Å². The molecule has 0 saturated heterocycles. The van der Waals surface area contributed by atoms with E-state index < -0.39 is 23.3 Å². The number of anilines is 1. The molecular weight excluding hydrogens is 323 g/mol. The summed E-state index contributed by atoms with van der Waals surface area (Å²) in [7, 11) is 0. The van der Waals surface area contributed by atoms with Crippen LogP contribution in [0.2, 0.25) is 0 Å². The first kappa shape index (κ1) is 15.8. The van der Waals surface area contributed by atoms with Crippen molar-refractivity contribution in [3.63, 3.8) is 0 Å². The Morgan fingerprint density at radius 2 is 1.58 bits per heavy atom. The molecule has 3 rings (SSSR count). The van der Waals surface area contributed by atoms with Crippen LogP contribution in [0.15, 0.2) is 64.0 Å². The number of carbonyl (C=O) groups excluding carboxylic acids is 1. The first-order valence-corrected chi connectivity index (χ1v) is 6.85. The maximum absolute atomic E-state index is 12.5. The molecule has 122 valence electrons. The summed E-state index contributed by atoms with van der Waals surface area (Å²) >= 11 is 0. The fourth-order valence-electron chi connectivity index (χ4n) is 2.25. The molecule has 0 atom stereocenters. The number of fused-ring (bicyclic) bond motifs is 1. The van der Waals surface area contributed by atoms with E-state index in [1.54, 1.807) is 18.2 Å². The lowest BCUT2D eigenvalue weighted by Crippen LogP contribution is -2.14. The van der Waals surface area contributed by atoms with Crippen molar-refractivity contribution in [2.45, 2.75) is 6.18 Å². The molecule has 3 aromatic rings. The molecule has 0 aliphatic heterocycles. The summed E-state index contributed by atoms with van der Waals surface area (Å²) in [6, 6.07) is 10.5. The molecule has 0 fully saturated rings. The van der Waals surface area contributed by atoms with Crippen molar-refractivity contribution in [1.82, 2.24) is 0 Å². The maximum Gasteiger partial charge on any atom is 0.416 e. The van der Waals surface area contributed by atoms with Gasteiger partial charge in [0.1, 0.15) is 6.26 Å². The third-order valence-electron chi connectivity index (χ3n) is 3.44. The van der Waals surface area contributed by atoms with Crippen LogP contribution < -0.4 is 10.9 Å². The summed E-state index contributed by atoms with van der Waals surface area (Å²) in [4.78, 5) is 24.0. The summed E-state index contributed by atoms with van der Waals surface area (Å²) < 4.78 is 42.4. The van der Waals surface area contributed by atoms with Gasteiger partial charge in [-0.15, -0.1) is 0 Å². The van der Waals surface area contributed by atoms with Gasteiger partial charge in [-0.25, -0.2) is 4.79 Å². The van der Waals surface area contributed by atoms with Crippen LogP contribution in [0.1, 0.15) is 15.9 Å². The molecule has 0 radical (unpaired) electrons. The van der Waals surface area contributed by atoms with Gasteiger partial charge >= 0.3 is 11.8 Å². The van der Waals surface area contributed by atoms with Crippen LogP contribution in [0.4, 0.5) is 18.9 Å². The van der Waals surface area contributed by atoms with Crippen molar-refractivity contribution < 1.29 is 22.4 Å². The lowest BCUT2D eigenvalue weighted by molar-refractivity contribution is -0.137. The zero-order valence-corrected chi connectivity index (χ0v) is 12.1. The van der Waals surface area contributed by atoms with Gasteiger partial charge in [0.05, 0.1) is 16.5 Å². The summed E-state index contributed by atoms with van der Waals surface area (Å²) in [6.07, 6.45) is -3.41. The first-order chi connectivity index (χ1) is 11.4. The second-order valence-corrected chi connectivity index (χ2v) is 5.01. The van der Waals surface area contributed by atoms with Gasteiger partial charge in [0, 0.05) is 11.1 Å². The normalized spacial score (nSPS) is 11.5. The molecule has 0 bridgehead atoms. The molecule has 1 amide bonds. The van der Waals surface area contributed by atoms with E-state index in [1.165, 1.54) is 6.07 Å². The minimum absolute atomic E-state index is 0.116. The lowest BCUT2D eigenvalue weighted by Gasteiger charge is -2.09. The molecule has 0 saturated carbocycles. The average Bonchev–Trinajstić information content (AvgIpc) is 2.55. The topological polar surface area (TPSA) is 59.3 Å². The Morgan fingerprint density at radius 3 is 2.21 bits per heavy atom. The van der Waals surface area contributed by atoms with Gasteiger partial charge in [-0.1, -0.05) is 18.2 Å². The highest BCUT2D eigenvalue weighted by Crippen LogP contribution is 2.30. The summed E-state index contributed by atoms with van der Waals surface area (Å²) in [5.74, 6) is -0.588. The van der Waals surface area contributed by atoms with Crippen LogP contribution in [0, 0.1) is 0 Å². The van der Waals surface area contributed by atoms with E-state index in [9.17, 15) is 22.8 Å². The molecule has 0 aliphatic carbocycles. The van der Waals surface area contributed by atoms with Crippen LogP contribution in [0.25, 0.3) is 10.8 Å². The van der Waals surface area contributed by atoms with Crippen molar-refractivity contribution >= 4 is 22.4 Å². The zero-order valence-electron chi connectivity index (χ0n) is 12.1. The maximum atomic E-state index is 12.5. The second-order valence-electron chi connectivity index (χ2n) is 5.01. The molecule has 1 aromatic heterocycles. The SMILES string of the molecule is O=C(Nc1ccc(C(F)(F)F)cc1)c1coc(=O)c2ccccc12. The zero-order chi connectivity index (χ0) is 17.3. The van der Waals surface area contributed by atoms with E-state index in [-0.39, 0.29) is 16.6 Å². The molecule has 4 nitrogen and oxygen atoms in total. The number of alkyl halides is 3. The average molecular weight is 333 g/mol. The van der Waals surface area contributed by atoms with Gasteiger partial charge in [-0.3, -0.25) is 4.79 Å². The number of hydrogen-bond acceptors (Lipinski definition) is 3. The third kappa shape index (κ3) is 3.01. The van der Waals surface area contributed by atoms with E-state index in [0.29, 0.717) is 5.39 Å². The Bertz CT molecular complexity index is 959. The molecule has 1 N–H and O–H groups in total. The number of carbonyl (C=O) groups is 1. The molecular formula is C17H10F3NO3. The minimum atomic E-state index is -4.44. The number of halogens is 3. The van der Waals surface area contributed by atoms with Crippen LogP contribution in [-0.4, -0.2) is 5.91 Å². The molecule has 7 heteroatoms. The predicted molar refractivity (Wildman–Crippen MR) is 81.9 cm³/mol. The van der Waals surface area contributed by atoms with Crippen LogP contribution in [0.5, 0.6) is 0 Å². The number of rotatable bonds is 2. The first-order valence-electron chi connectivity index (χ1n) is 6.85. The molecule has 1 heterocycles. The van der Waals surface area contributed by atoms with Gasteiger partial charge in [0.15, 0.2) is 0 Å². The van der Waals surface area contributed by atoms with E-state index in [4.69, 9.17) is 4.42 Å². The van der Waals surface area contributed by atoms with Crippen LogP contribution in [-0.2, 0) is 6.18 Å². The minimum Gasteiger partial charge on any atom is -0.430 e. The molecule has 24 heavy (non-hydrogen) atoms. The predicted octanol–water partition coefficient (Wildman–Crippen LogP) is 4.06. The highest BCUT2D eigenvalue weighted by molar-refractivity contribution is 6.12. The van der Waals surface area contributed by atoms with E-state index in [0.717, 1.165) is 30.5 Å². The highest BCUT2D eigenvalue weighted by Gasteiger charge is 2.30. The smallest absolute Gasteiger partial charge is 0.416 e. The number of hydrogen-bond donors (Lipinski definition) is 1. The largest absolute Gasteiger partial charge is 0.430 e. The monoisotopic (exact) mass is 333 g/mol. The van der Waals surface area contributed by atoms with E-state index in [1.807, 2.05) is 0 Å². The Labute approximate surface area is 133 Å². The van der Waals surface area contributed by atoms with Crippen molar-refractivity contribution in [1.29, 1.82) is 0 Å². The van der Waals surface area contributed by atoms with Gasteiger partial charge in [-0.05, 0) is 30.3 Å². The van der Waals surface area contributed by atoms with Crippen molar-refractivity contribution in [3.05, 3.63) is 76.3 Å². The van der Waals surface area contributed by atoms with Gasteiger partial charge in [0.2, 0.25) is 0 Å². The summed E-state index contributed by atoms with van der Waals surface area (Å²) in [6.45, 7) is 0. The standard InChI is InChI=1S/C17H10F3NO3/c18-17(19,20)10-5-7-11(8-6-10)21-15(22)14-9-24-16(23)13-4-2-1-3-12(13)14/h1-9H,(H,21,22). The molecule has 0 aliphatic rings. The summed E-state index contributed by atoms with van der Waals surface area (Å²) in [5.41, 5.74) is -1.07. The molecule has 0 unspecified atom stereocenters. The molecule has 2 aromatic carbocycles. The number of amides is 1. The Morgan fingerprint density at radius 1 is 0.958 bits per heavy atom. The lowest BCUT2D eigenvalue weighted by atomic mass is 10.1. The molecule has 0 spiro atoms. The second kappa shape index (κ2) is 5.84. The van der Waals surface area contributed by atoms with Gasteiger partial charge in [0.25, 0.3) is 5.91 Å². The Balaban J connectivity index is 1.91.